The van der Waals surface area contributed by atoms with E-state index in [1.54, 1.807) is 12.4 Å². The van der Waals surface area contributed by atoms with Gasteiger partial charge in [-0.15, -0.1) is 0 Å². The number of rotatable bonds is 7. The van der Waals surface area contributed by atoms with E-state index >= 15 is 0 Å². The SMILES string of the molecule is CCCCC(C)C(=O)N(C)C1CCN(C(=O)C2CCN(c3ccncc3)C2)CC1. The number of nitrogens with zero attached hydrogens (tertiary/aromatic N) is 4. The molecule has 2 aliphatic heterocycles. The van der Waals surface area contributed by atoms with E-state index in [-0.39, 0.29) is 29.7 Å². The first-order valence-corrected chi connectivity index (χ1v) is 11.2. The smallest absolute Gasteiger partial charge is 0.227 e. The zero-order valence-corrected chi connectivity index (χ0v) is 18.2. The number of pyridine rings is 1. The number of amides is 2. The maximum Gasteiger partial charge on any atom is 0.227 e. The van der Waals surface area contributed by atoms with Crippen LogP contribution >= 0.6 is 0 Å². The van der Waals surface area contributed by atoms with Gasteiger partial charge in [0.25, 0.3) is 0 Å². The quantitative estimate of drug-likeness (QED) is 0.705. The summed E-state index contributed by atoms with van der Waals surface area (Å²) >= 11 is 0. The first-order valence-electron chi connectivity index (χ1n) is 11.2. The van der Waals surface area contributed by atoms with E-state index in [0.29, 0.717) is 0 Å². The van der Waals surface area contributed by atoms with Crippen molar-refractivity contribution in [3.63, 3.8) is 0 Å². The monoisotopic (exact) mass is 400 g/mol. The van der Waals surface area contributed by atoms with Crippen LogP contribution in [0, 0.1) is 11.8 Å². The van der Waals surface area contributed by atoms with Crippen molar-refractivity contribution in [3.05, 3.63) is 24.5 Å². The summed E-state index contributed by atoms with van der Waals surface area (Å²) < 4.78 is 0. The van der Waals surface area contributed by atoms with E-state index in [1.165, 1.54) is 0 Å². The van der Waals surface area contributed by atoms with E-state index in [2.05, 4.69) is 16.8 Å². The number of aromatic nitrogens is 1. The maximum absolute atomic E-state index is 13.0. The van der Waals surface area contributed by atoms with Crippen molar-refractivity contribution in [1.29, 1.82) is 0 Å². The molecule has 2 amide bonds. The first kappa shape index (κ1) is 21.6. The molecule has 0 aromatic carbocycles. The highest BCUT2D eigenvalue weighted by molar-refractivity contribution is 5.81. The Labute approximate surface area is 175 Å². The summed E-state index contributed by atoms with van der Waals surface area (Å²) in [6.07, 6.45) is 9.48. The Hall–Kier alpha value is -2.11. The molecule has 2 atom stereocenters. The van der Waals surface area contributed by atoms with Crippen molar-refractivity contribution in [2.45, 2.75) is 58.4 Å². The molecule has 3 rings (SSSR count). The van der Waals surface area contributed by atoms with Crippen LogP contribution in [0.2, 0.25) is 0 Å². The van der Waals surface area contributed by atoms with Gasteiger partial charge < -0.3 is 14.7 Å². The van der Waals surface area contributed by atoms with Crippen LogP contribution in [0.25, 0.3) is 0 Å². The highest BCUT2D eigenvalue weighted by atomic mass is 16.2. The van der Waals surface area contributed by atoms with Crippen LogP contribution in [-0.2, 0) is 9.59 Å². The molecule has 0 radical (unpaired) electrons. The molecule has 160 valence electrons. The summed E-state index contributed by atoms with van der Waals surface area (Å²) in [5.74, 6) is 0.711. The van der Waals surface area contributed by atoms with Crippen LogP contribution in [0.15, 0.2) is 24.5 Å². The Balaban J connectivity index is 1.47. The summed E-state index contributed by atoms with van der Waals surface area (Å²) in [7, 11) is 1.94. The molecule has 1 aromatic rings. The number of anilines is 1. The van der Waals surface area contributed by atoms with Crippen LogP contribution < -0.4 is 4.90 Å². The molecule has 6 nitrogen and oxygen atoms in total. The van der Waals surface area contributed by atoms with E-state index in [4.69, 9.17) is 0 Å². The second kappa shape index (κ2) is 10.1. The Bertz CT molecular complexity index is 673. The van der Waals surface area contributed by atoms with Gasteiger partial charge in [-0.25, -0.2) is 0 Å². The minimum absolute atomic E-state index is 0.0770. The molecule has 0 N–H and O–H groups in total. The molecule has 29 heavy (non-hydrogen) atoms. The average Bonchev–Trinajstić information content (AvgIpc) is 3.27. The van der Waals surface area contributed by atoms with Crippen LogP contribution in [0.3, 0.4) is 0 Å². The van der Waals surface area contributed by atoms with Gasteiger partial charge in [0.15, 0.2) is 0 Å². The second-order valence-electron chi connectivity index (χ2n) is 8.69. The molecule has 3 heterocycles. The largest absolute Gasteiger partial charge is 0.371 e. The first-order chi connectivity index (χ1) is 14.0. The number of carbonyl (C=O) groups excluding carboxylic acids is 2. The van der Waals surface area contributed by atoms with Crippen molar-refractivity contribution in [2.75, 3.05) is 38.1 Å². The van der Waals surface area contributed by atoms with Crippen LogP contribution in [0.5, 0.6) is 0 Å². The molecular weight excluding hydrogens is 364 g/mol. The third kappa shape index (κ3) is 5.28. The van der Waals surface area contributed by atoms with Crippen LogP contribution in [0.1, 0.15) is 52.4 Å². The Morgan fingerprint density at radius 2 is 1.86 bits per heavy atom. The standard InChI is InChI=1S/C23H36N4O2/c1-4-5-6-18(2)22(28)25(3)20-10-15-26(16-11-20)23(29)19-9-14-27(17-19)21-7-12-24-13-8-21/h7-8,12-13,18-20H,4-6,9-11,14-17H2,1-3H3. The third-order valence-electron chi connectivity index (χ3n) is 6.65. The lowest BCUT2D eigenvalue weighted by molar-refractivity contribution is -0.139. The molecule has 0 spiro atoms. The van der Waals surface area contributed by atoms with E-state index in [0.717, 1.165) is 70.4 Å². The lowest BCUT2D eigenvalue weighted by Crippen LogP contribution is -2.49. The Kier molecular flexibility index (Phi) is 7.51. The summed E-state index contributed by atoms with van der Waals surface area (Å²) in [6, 6.07) is 4.27. The number of piperidine rings is 1. The predicted octanol–water partition coefficient (Wildman–Crippen LogP) is 3.18. The summed E-state index contributed by atoms with van der Waals surface area (Å²) in [4.78, 5) is 36.0. The number of hydrogen-bond donors (Lipinski definition) is 0. The van der Waals surface area contributed by atoms with Gasteiger partial charge in [-0.3, -0.25) is 14.6 Å². The highest BCUT2D eigenvalue weighted by Gasteiger charge is 2.34. The second-order valence-corrected chi connectivity index (χ2v) is 8.69. The topological polar surface area (TPSA) is 56.8 Å². The maximum atomic E-state index is 13.0. The molecule has 6 heteroatoms. The summed E-state index contributed by atoms with van der Waals surface area (Å²) in [5, 5.41) is 0. The van der Waals surface area contributed by atoms with Crippen molar-refractivity contribution in [1.82, 2.24) is 14.8 Å². The lowest BCUT2D eigenvalue weighted by Gasteiger charge is -2.38. The number of unbranched alkanes of at least 4 members (excludes halogenated alkanes) is 1. The van der Waals surface area contributed by atoms with Gasteiger partial charge in [-0.05, 0) is 37.8 Å². The molecule has 0 bridgehead atoms. The van der Waals surface area contributed by atoms with Gasteiger partial charge in [0.1, 0.15) is 0 Å². The summed E-state index contributed by atoms with van der Waals surface area (Å²) in [6.45, 7) is 7.43. The van der Waals surface area contributed by atoms with Gasteiger partial charge in [0, 0.05) is 63.3 Å². The minimum Gasteiger partial charge on any atom is -0.371 e. The van der Waals surface area contributed by atoms with Crippen molar-refractivity contribution in [2.24, 2.45) is 11.8 Å². The van der Waals surface area contributed by atoms with Crippen molar-refractivity contribution >= 4 is 17.5 Å². The molecule has 1 aromatic heterocycles. The van der Waals surface area contributed by atoms with Crippen LogP contribution in [-0.4, -0.2) is 65.9 Å². The molecule has 2 aliphatic rings. The minimum atomic E-state index is 0.0770. The van der Waals surface area contributed by atoms with Crippen LogP contribution in [0.4, 0.5) is 5.69 Å². The molecule has 0 aliphatic carbocycles. The fraction of sp³-hybridized carbons (Fsp3) is 0.696. The lowest BCUT2D eigenvalue weighted by atomic mass is 9.97. The van der Waals surface area contributed by atoms with Gasteiger partial charge in [0.2, 0.25) is 11.8 Å². The zero-order valence-electron chi connectivity index (χ0n) is 18.2. The van der Waals surface area contributed by atoms with Crippen molar-refractivity contribution in [3.8, 4) is 0 Å². The molecule has 2 fully saturated rings. The van der Waals surface area contributed by atoms with E-state index in [9.17, 15) is 9.59 Å². The van der Waals surface area contributed by atoms with E-state index < -0.39 is 0 Å². The Morgan fingerprint density at radius 1 is 1.17 bits per heavy atom. The number of hydrogen-bond acceptors (Lipinski definition) is 4. The normalized spacial score (nSPS) is 21.3. The highest BCUT2D eigenvalue weighted by Crippen LogP contribution is 2.26. The van der Waals surface area contributed by atoms with E-state index in [1.807, 2.05) is 35.9 Å². The molecular formula is C23H36N4O2. The fourth-order valence-electron chi connectivity index (χ4n) is 4.64. The average molecular weight is 401 g/mol. The molecule has 2 unspecified atom stereocenters. The third-order valence-corrected chi connectivity index (χ3v) is 6.65. The van der Waals surface area contributed by atoms with Crippen molar-refractivity contribution < 1.29 is 9.59 Å². The fourth-order valence-corrected chi connectivity index (χ4v) is 4.64. The molecule has 2 saturated heterocycles. The summed E-state index contributed by atoms with van der Waals surface area (Å²) in [5.41, 5.74) is 1.14. The van der Waals surface area contributed by atoms with Gasteiger partial charge in [-0.1, -0.05) is 26.7 Å². The number of carbonyl (C=O) groups is 2. The van der Waals surface area contributed by atoms with Gasteiger partial charge >= 0.3 is 0 Å². The predicted molar refractivity (Wildman–Crippen MR) is 116 cm³/mol. The molecule has 0 saturated carbocycles. The number of likely N-dealkylation sites (tertiary alicyclic amines) is 1. The van der Waals surface area contributed by atoms with Gasteiger partial charge in [-0.2, -0.15) is 0 Å². The zero-order chi connectivity index (χ0) is 20.8. The van der Waals surface area contributed by atoms with Gasteiger partial charge in [0.05, 0.1) is 5.92 Å². The Morgan fingerprint density at radius 3 is 2.52 bits per heavy atom.